The molecule has 0 aromatic heterocycles. The molecule has 0 rings (SSSR count). The van der Waals surface area contributed by atoms with Crippen molar-refractivity contribution in [2.24, 2.45) is 5.73 Å². The molecule has 0 fully saturated rings. The summed E-state index contributed by atoms with van der Waals surface area (Å²) in [6.07, 6.45) is 22.7. The van der Waals surface area contributed by atoms with Crippen LogP contribution in [-0.2, 0) is 18.4 Å². The maximum absolute atomic E-state index is 12.6. The van der Waals surface area contributed by atoms with Crippen LogP contribution in [0.5, 0.6) is 0 Å². The molecule has 6 N–H and O–H groups in total. The Morgan fingerprint density at radius 1 is 0.805 bits per heavy atom. The van der Waals surface area contributed by atoms with Crippen LogP contribution in [0.4, 0.5) is 0 Å². The van der Waals surface area contributed by atoms with Crippen molar-refractivity contribution >= 4 is 13.7 Å². The van der Waals surface area contributed by atoms with Gasteiger partial charge in [-0.3, -0.25) is 13.8 Å². The molecule has 0 spiro atoms. The zero-order chi connectivity index (χ0) is 30.6. The van der Waals surface area contributed by atoms with Crippen molar-refractivity contribution in [3.63, 3.8) is 0 Å². The minimum absolute atomic E-state index is 0.0585. The Hall–Kier alpha value is -0.800. The third kappa shape index (κ3) is 26.6. The van der Waals surface area contributed by atoms with E-state index in [1.54, 1.807) is 0 Å². The van der Waals surface area contributed by atoms with Gasteiger partial charge in [0.15, 0.2) is 0 Å². The molecule has 0 aromatic rings. The van der Waals surface area contributed by atoms with Crippen LogP contribution in [0.15, 0.2) is 12.2 Å². The van der Waals surface area contributed by atoms with Gasteiger partial charge in [0.2, 0.25) is 5.91 Å². The van der Waals surface area contributed by atoms with E-state index in [4.69, 9.17) is 14.8 Å². The van der Waals surface area contributed by atoms with Gasteiger partial charge in [0.05, 0.1) is 37.9 Å². The molecule has 1 amide bonds. The first-order valence-electron chi connectivity index (χ1n) is 16.4. The summed E-state index contributed by atoms with van der Waals surface area (Å²) in [7, 11) is -4.36. The molecule has 0 radical (unpaired) electrons. The summed E-state index contributed by atoms with van der Waals surface area (Å²) >= 11 is 0. The summed E-state index contributed by atoms with van der Waals surface area (Å²) in [5.41, 5.74) is 5.32. The summed E-state index contributed by atoms with van der Waals surface area (Å²) in [6, 6.07) is -0.894. The molecule has 10 heteroatoms. The van der Waals surface area contributed by atoms with Crippen molar-refractivity contribution in [2.45, 2.75) is 161 Å². The first-order chi connectivity index (χ1) is 19.8. The molecule has 0 aliphatic carbocycles. The SMILES string of the molecule is CCCCC/C=C\CCCCCC(O)CC(=O)NC(COP(=O)(O)OCCN)C(O)CCCCCCCCCCC. The van der Waals surface area contributed by atoms with Crippen molar-refractivity contribution < 1.29 is 33.5 Å². The van der Waals surface area contributed by atoms with Gasteiger partial charge in [-0.05, 0) is 38.5 Å². The number of aliphatic hydroxyl groups is 2. The minimum Gasteiger partial charge on any atom is -0.393 e. The van der Waals surface area contributed by atoms with Crippen LogP contribution < -0.4 is 11.1 Å². The molecule has 0 saturated heterocycles. The van der Waals surface area contributed by atoms with E-state index in [9.17, 15) is 24.5 Å². The zero-order valence-corrected chi connectivity index (χ0v) is 27.0. The average Bonchev–Trinajstić information content (AvgIpc) is 2.94. The second kappa shape index (κ2) is 28.0. The number of carbonyl (C=O) groups is 1. The highest BCUT2D eigenvalue weighted by Gasteiger charge is 2.28. The fraction of sp³-hybridized carbons (Fsp3) is 0.903. The van der Waals surface area contributed by atoms with Crippen molar-refractivity contribution in [3.8, 4) is 0 Å². The predicted molar refractivity (Wildman–Crippen MR) is 168 cm³/mol. The molecule has 0 aromatic carbocycles. The Morgan fingerprint density at radius 3 is 1.93 bits per heavy atom. The summed E-state index contributed by atoms with van der Waals surface area (Å²) in [5, 5.41) is 23.8. The first kappa shape index (κ1) is 40.2. The number of nitrogens with two attached hydrogens (primary N) is 1. The van der Waals surface area contributed by atoms with Gasteiger partial charge < -0.3 is 26.2 Å². The monoisotopic (exact) mass is 606 g/mol. The first-order valence-corrected chi connectivity index (χ1v) is 17.9. The van der Waals surface area contributed by atoms with Gasteiger partial charge in [-0.2, -0.15) is 0 Å². The minimum atomic E-state index is -4.36. The van der Waals surface area contributed by atoms with Crippen LogP contribution in [0.2, 0.25) is 0 Å². The number of phosphoric ester groups is 1. The van der Waals surface area contributed by atoms with Gasteiger partial charge in [0.1, 0.15) is 0 Å². The summed E-state index contributed by atoms with van der Waals surface area (Å²) in [5.74, 6) is -0.428. The Kier molecular flexibility index (Phi) is 27.5. The molecule has 4 atom stereocenters. The van der Waals surface area contributed by atoms with Crippen molar-refractivity contribution in [2.75, 3.05) is 19.8 Å². The molecule has 0 aliphatic heterocycles. The second-order valence-electron chi connectivity index (χ2n) is 11.2. The topological polar surface area (TPSA) is 151 Å². The van der Waals surface area contributed by atoms with E-state index in [-0.39, 0.29) is 26.2 Å². The Balaban J connectivity index is 4.50. The van der Waals surface area contributed by atoms with Gasteiger partial charge in [-0.15, -0.1) is 0 Å². The highest BCUT2D eigenvalue weighted by atomic mass is 31.2. The number of unbranched alkanes of at least 4 members (excludes halogenated alkanes) is 14. The molecular weight excluding hydrogens is 543 g/mol. The Labute approximate surface area is 250 Å². The number of nitrogens with one attached hydrogen (secondary N) is 1. The van der Waals surface area contributed by atoms with E-state index in [0.717, 1.165) is 51.4 Å². The maximum atomic E-state index is 12.6. The molecule has 244 valence electrons. The van der Waals surface area contributed by atoms with E-state index >= 15 is 0 Å². The van der Waals surface area contributed by atoms with E-state index < -0.39 is 32.0 Å². The van der Waals surface area contributed by atoms with Crippen molar-refractivity contribution in [1.82, 2.24) is 5.32 Å². The van der Waals surface area contributed by atoms with Crippen molar-refractivity contribution in [1.29, 1.82) is 0 Å². The molecule has 0 saturated carbocycles. The molecule has 0 aliphatic rings. The molecule has 0 heterocycles. The van der Waals surface area contributed by atoms with Crippen LogP contribution in [0.25, 0.3) is 0 Å². The normalized spacial score (nSPS) is 15.6. The lowest BCUT2D eigenvalue weighted by Crippen LogP contribution is -2.47. The molecular formula is C31H63N2O7P. The molecule has 9 nitrogen and oxygen atoms in total. The fourth-order valence-electron chi connectivity index (χ4n) is 4.64. The second-order valence-corrected chi connectivity index (χ2v) is 12.7. The van der Waals surface area contributed by atoms with Crippen LogP contribution in [0.1, 0.15) is 142 Å². The standard InChI is InChI=1S/C31H63N2O7P/c1-3-5-7-9-11-13-15-16-18-20-22-28(34)26-31(36)33-29(27-40-41(37,38)39-25-24-32)30(35)23-21-19-17-14-12-10-8-6-4-2/h11,13,28-30,34-35H,3-10,12,14-27,32H2,1-2H3,(H,33,36)(H,37,38)/b13-11-. The molecule has 41 heavy (non-hydrogen) atoms. The van der Waals surface area contributed by atoms with Crippen LogP contribution >= 0.6 is 7.82 Å². The zero-order valence-electron chi connectivity index (χ0n) is 26.1. The number of rotatable bonds is 30. The van der Waals surface area contributed by atoms with E-state index in [0.29, 0.717) is 12.8 Å². The highest BCUT2D eigenvalue weighted by molar-refractivity contribution is 7.47. The number of aliphatic hydroxyl groups excluding tert-OH is 2. The lowest BCUT2D eigenvalue weighted by atomic mass is 10.0. The van der Waals surface area contributed by atoms with Gasteiger partial charge >= 0.3 is 7.82 Å². The number of phosphoric acid groups is 1. The van der Waals surface area contributed by atoms with Crippen LogP contribution in [0, 0.1) is 0 Å². The summed E-state index contributed by atoms with van der Waals surface area (Å²) < 4.78 is 21.9. The third-order valence-corrected chi connectivity index (χ3v) is 8.16. The largest absolute Gasteiger partial charge is 0.472 e. The summed E-state index contributed by atoms with van der Waals surface area (Å²) in [4.78, 5) is 22.5. The van der Waals surface area contributed by atoms with Crippen LogP contribution in [-0.4, -0.2) is 59.0 Å². The summed E-state index contributed by atoms with van der Waals surface area (Å²) in [6.45, 7) is 3.94. The van der Waals surface area contributed by atoms with Crippen LogP contribution in [0.3, 0.4) is 0 Å². The molecule has 4 unspecified atom stereocenters. The quantitative estimate of drug-likeness (QED) is 0.0345. The predicted octanol–water partition coefficient (Wildman–Crippen LogP) is 6.68. The number of amides is 1. The Morgan fingerprint density at radius 2 is 1.32 bits per heavy atom. The van der Waals surface area contributed by atoms with E-state index in [1.807, 2.05) is 0 Å². The van der Waals surface area contributed by atoms with Crippen molar-refractivity contribution in [3.05, 3.63) is 12.2 Å². The highest BCUT2D eigenvalue weighted by Crippen LogP contribution is 2.43. The van der Waals surface area contributed by atoms with Gasteiger partial charge in [-0.25, -0.2) is 4.57 Å². The number of carbonyl (C=O) groups excluding carboxylic acids is 1. The number of hydrogen-bond donors (Lipinski definition) is 5. The Bertz CT molecular complexity index is 681. The van der Waals surface area contributed by atoms with Gasteiger partial charge in [0.25, 0.3) is 0 Å². The third-order valence-electron chi connectivity index (χ3n) is 7.17. The van der Waals surface area contributed by atoms with Gasteiger partial charge in [-0.1, -0.05) is 109 Å². The lowest BCUT2D eigenvalue weighted by Gasteiger charge is -2.25. The van der Waals surface area contributed by atoms with E-state index in [2.05, 4.69) is 31.3 Å². The average molecular weight is 607 g/mol. The van der Waals surface area contributed by atoms with Gasteiger partial charge in [0, 0.05) is 6.54 Å². The number of hydrogen-bond acceptors (Lipinski definition) is 7. The molecule has 0 bridgehead atoms. The smallest absolute Gasteiger partial charge is 0.393 e. The fourth-order valence-corrected chi connectivity index (χ4v) is 5.40. The number of allylic oxidation sites excluding steroid dienone is 2. The maximum Gasteiger partial charge on any atom is 0.472 e. The lowest BCUT2D eigenvalue weighted by molar-refractivity contribution is -0.125. The van der Waals surface area contributed by atoms with E-state index in [1.165, 1.54) is 57.8 Å².